The molecule has 0 heterocycles. The van der Waals surface area contributed by atoms with Gasteiger partial charge in [0.2, 0.25) is 0 Å². The molecule has 0 radical (unpaired) electrons. The molecule has 0 aliphatic heterocycles. The summed E-state index contributed by atoms with van der Waals surface area (Å²) < 4.78 is 0. The van der Waals surface area contributed by atoms with E-state index in [0.717, 1.165) is 5.71 Å². The minimum Gasteiger partial charge on any atom is -0.464 e. The molecular weight excluding hydrogens is 172 g/mol. The molecule has 5 heteroatoms. The highest BCUT2D eigenvalue weighted by Crippen LogP contribution is 2.25. The van der Waals surface area contributed by atoms with Crippen LogP contribution in [0, 0.1) is 0 Å². The Morgan fingerprint density at radius 1 is 1.54 bits per heavy atom. The SMILES string of the molecule is CC1(O)CCC(=NNC(=O)O)CC1. The molecule has 0 spiro atoms. The van der Waals surface area contributed by atoms with E-state index >= 15 is 0 Å². The number of hydrazone groups is 1. The van der Waals surface area contributed by atoms with Gasteiger partial charge in [0.05, 0.1) is 5.60 Å². The number of amides is 1. The lowest BCUT2D eigenvalue weighted by Crippen LogP contribution is -2.31. The second-order valence-electron chi connectivity index (χ2n) is 3.59. The molecular formula is C8H14N2O3. The summed E-state index contributed by atoms with van der Waals surface area (Å²) in [5, 5.41) is 21.6. The van der Waals surface area contributed by atoms with E-state index in [0.29, 0.717) is 25.7 Å². The van der Waals surface area contributed by atoms with Gasteiger partial charge in [-0.2, -0.15) is 5.10 Å². The van der Waals surface area contributed by atoms with Crippen LogP contribution in [0.3, 0.4) is 0 Å². The van der Waals surface area contributed by atoms with Crippen LogP contribution >= 0.6 is 0 Å². The Labute approximate surface area is 76.5 Å². The van der Waals surface area contributed by atoms with Gasteiger partial charge < -0.3 is 10.2 Å². The fraction of sp³-hybridized carbons (Fsp3) is 0.750. The molecule has 1 amide bonds. The third-order valence-electron chi connectivity index (χ3n) is 2.21. The van der Waals surface area contributed by atoms with Crippen molar-refractivity contribution in [3.63, 3.8) is 0 Å². The fourth-order valence-electron chi connectivity index (χ4n) is 1.32. The topological polar surface area (TPSA) is 81.9 Å². The first-order valence-electron chi connectivity index (χ1n) is 4.26. The molecule has 13 heavy (non-hydrogen) atoms. The van der Waals surface area contributed by atoms with Crippen LogP contribution in [-0.4, -0.2) is 27.6 Å². The largest absolute Gasteiger partial charge is 0.464 e. The second kappa shape index (κ2) is 3.74. The molecule has 0 unspecified atom stereocenters. The Kier molecular flexibility index (Phi) is 2.87. The Morgan fingerprint density at radius 3 is 2.54 bits per heavy atom. The Balaban J connectivity index is 2.40. The van der Waals surface area contributed by atoms with Crippen LogP contribution in [0.5, 0.6) is 0 Å². The highest BCUT2D eigenvalue weighted by atomic mass is 16.4. The molecule has 1 saturated carbocycles. The first-order valence-corrected chi connectivity index (χ1v) is 4.26. The lowest BCUT2D eigenvalue weighted by atomic mass is 9.85. The van der Waals surface area contributed by atoms with Crippen molar-refractivity contribution in [2.45, 2.75) is 38.2 Å². The van der Waals surface area contributed by atoms with Crippen molar-refractivity contribution in [2.75, 3.05) is 0 Å². The number of aliphatic hydroxyl groups is 1. The Hall–Kier alpha value is -1.10. The molecule has 74 valence electrons. The summed E-state index contributed by atoms with van der Waals surface area (Å²) in [5.74, 6) is 0. The van der Waals surface area contributed by atoms with E-state index in [4.69, 9.17) is 5.11 Å². The van der Waals surface area contributed by atoms with Gasteiger partial charge >= 0.3 is 6.09 Å². The maximum absolute atomic E-state index is 10.1. The molecule has 0 saturated heterocycles. The second-order valence-corrected chi connectivity index (χ2v) is 3.59. The Morgan fingerprint density at radius 2 is 2.08 bits per heavy atom. The van der Waals surface area contributed by atoms with Crippen molar-refractivity contribution in [3.05, 3.63) is 0 Å². The van der Waals surface area contributed by atoms with Crippen LogP contribution in [-0.2, 0) is 0 Å². The van der Waals surface area contributed by atoms with Crippen molar-refractivity contribution < 1.29 is 15.0 Å². The van der Waals surface area contributed by atoms with Crippen LogP contribution in [0.2, 0.25) is 0 Å². The van der Waals surface area contributed by atoms with Crippen molar-refractivity contribution in [1.29, 1.82) is 0 Å². The molecule has 5 nitrogen and oxygen atoms in total. The quantitative estimate of drug-likeness (QED) is 0.533. The zero-order valence-corrected chi connectivity index (χ0v) is 7.58. The maximum Gasteiger partial charge on any atom is 0.425 e. The van der Waals surface area contributed by atoms with E-state index in [1.54, 1.807) is 6.92 Å². The molecule has 1 aliphatic rings. The number of rotatable bonds is 1. The number of nitrogens with one attached hydrogen (secondary N) is 1. The average molecular weight is 186 g/mol. The van der Waals surface area contributed by atoms with Gasteiger partial charge in [-0.25, -0.2) is 10.2 Å². The maximum atomic E-state index is 10.1. The summed E-state index contributed by atoms with van der Waals surface area (Å²) in [6, 6.07) is 0. The average Bonchev–Trinajstić information content (AvgIpc) is 2.02. The summed E-state index contributed by atoms with van der Waals surface area (Å²) in [5.41, 5.74) is 2.17. The summed E-state index contributed by atoms with van der Waals surface area (Å²) >= 11 is 0. The molecule has 0 bridgehead atoms. The highest BCUT2D eigenvalue weighted by Gasteiger charge is 2.26. The first kappa shape index (κ1) is 9.98. The third kappa shape index (κ3) is 3.42. The lowest BCUT2D eigenvalue weighted by molar-refractivity contribution is 0.0398. The van der Waals surface area contributed by atoms with Gasteiger partial charge in [-0.05, 0) is 32.6 Å². The smallest absolute Gasteiger partial charge is 0.425 e. The van der Waals surface area contributed by atoms with Gasteiger partial charge in [0.15, 0.2) is 0 Å². The number of carbonyl (C=O) groups is 1. The van der Waals surface area contributed by atoms with Gasteiger partial charge in [-0.3, -0.25) is 0 Å². The predicted octanol–water partition coefficient (Wildman–Crippen LogP) is 0.935. The number of carboxylic acid groups (broad SMARTS) is 1. The molecule has 3 N–H and O–H groups in total. The van der Waals surface area contributed by atoms with Crippen LogP contribution in [0.15, 0.2) is 5.10 Å². The van der Waals surface area contributed by atoms with E-state index in [1.807, 2.05) is 5.43 Å². The normalized spacial score (nSPS) is 28.3. The summed E-state index contributed by atoms with van der Waals surface area (Å²) in [4.78, 5) is 10.1. The van der Waals surface area contributed by atoms with Crippen molar-refractivity contribution in [3.8, 4) is 0 Å². The van der Waals surface area contributed by atoms with E-state index in [2.05, 4.69) is 5.10 Å². The predicted molar refractivity (Wildman–Crippen MR) is 47.7 cm³/mol. The van der Waals surface area contributed by atoms with Crippen molar-refractivity contribution in [1.82, 2.24) is 5.43 Å². The van der Waals surface area contributed by atoms with Crippen LogP contribution < -0.4 is 5.43 Å². The fourth-order valence-corrected chi connectivity index (χ4v) is 1.32. The molecule has 0 aromatic heterocycles. The summed E-state index contributed by atoms with van der Waals surface area (Å²) in [7, 11) is 0. The van der Waals surface area contributed by atoms with Crippen LogP contribution in [0.1, 0.15) is 32.6 Å². The van der Waals surface area contributed by atoms with Gasteiger partial charge in [-0.1, -0.05) is 0 Å². The molecule has 0 aromatic carbocycles. The minimum atomic E-state index is -1.15. The van der Waals surface area contributed by atoms with Gasteiger partial charge in [0, 0.05) is 5.71 Å². The van der Waals surface area contributed by atoms with E-state index < -0.39 is 11.7 Å². The number of hydrogen-bond donors (Lipinski definition) is 3. The zero-order chi connectivity index (χ0) is 9.90. The zero-order valence-electron chi connectivity index (χ0n) is 7.58. The molecule has 0 atom stereocenters. The molecule has 1 fully saturated rings. The van der Waals surface area contributed by atoms with E-state index in [1.165, 1.54) is 0 Å². The third-order valence-corrected chi connectivity index (χ3v) is 2.21. The standard InChI is InChI=1S/C8H14N2O3/c1-8(13)4-2-6(3-5-8)9-10-7(11)12/h10,13H,2-5H2,1H3,(H,11,12). The van der Waals surface area contributed by atoms with Crippen LogP contribution in [0.4, 0.5) is 4.79 Å². The number of hydrogen-bond acceptors (Lipinski definition) is 3. The molecule has 0 aromatic rings. The molecule has 1 aliphatic carbocycles. The highest BCUT2D eigenvalue weighted by molar-refractivity contribution is 5.86. The van der Waals surface area contributed by atoms with E-state index in [-0.39, 0.29) is 0 Å². The molecule has 1 rings (SSSR count). The summed E-state index contributed by atoms with van der Waals surface area (Å²) in [6.45, 7) is 1.79. The minimum absolute atomic E-state index is 0.609. The van der Waals surface area contributed by atoms with Gasteiger partial charge in [-0.15, -0.1) is 0 Å². The van der Waals surface area contributed by atoms with Gasteiger partial charge in [0.25, 0.3) is 0 Å². The Bertz CT molecular complexity index is 224. The summed E-state index contributed by atoms with van der Waals surface area (Å²) in [6.07, 6.45) is 1.46. The lowest BCUT2D eigenvalue weighted by Gasteiger charge is -2.28. The van der Waals surface area contributed by atoms with Crippen molar-refractivity contribution in [2.24, 2.45) is 5.10 Å². The van der Waals surface area contributed by atoms with Crippen molar-refractivity contribution >= 4 is 11.8 Å². The number of nitrogens with zero attached hydrogens (tertiary/aromatic N) is 1. The first-order chi connectivity index (χ1) is 5.99. The van der Waals surface area contributed by atoms with E-state index in [9.17, 15) is 9.90 Å². The monoisotopic (exact) mass is 186 g/mol. The van der Waals surface area contributed by atoms with Gasteiger partial charge in [0.1, 0.15) is 0 Å². The van der Waals surface area contributed by atoms with Crippen LogP contribution in [0.25, 0.3) is 0 Å².